The zero-order chi connectivity index (χ0) is 21.8. The molecule has 0 saturated carbocycles. The van der Waals surface area contributed by atoms with Crippen LogP contribution in [0.3, 0.4) is 0 Å². The predicted molar refractivity (Wildman–Crippen MR) is 117 cm³/mol. The van der Waals surface area contributed by atoms with Gasteiger partial charge in [0.2, 0.25) is 0 Å². The number of nitrogens with zero attached hydrogens (tertiary/aromatic N) is 3. The summed E-state index contributed by atoms with van der Waals surface area (Å²) in [5.41, 5.74) is 2.19. The molecule has 0 saturated heterocycles. The Kier molecular flexibility index (Phi) is 6.20. The molecule has 0 fully saturated rings. The van der Waals surface area contributed by atoms with Crippen molar-refractivity contribution >= 4 is 22.6 Å². The molecular formula is C23H23FN4O3. The minimum absolute atomic E-state index is 0.0485. The van der Waals surface area contributed by atoms with E-state index in [2.05, 4.69) is 20.3 Å². The van der Waals surface area contributed by atoms with Crippen LogP contribution in [0.1, 0.15) is 30.8 Å². The number of benzene rings is 2. The number of aliphatic hydroxyl groups excluding tert-OH is 2. The fraction of sp³-hybridized carbons (Fsp3) is 0.261. The lowest BCUT2D eigenvalue weighted by atomic mass is 10.1. The Bertz CT molecular complexity index is 1150. The number of amidine groups is 1. The van der Waals surface area contributed by atoms with Crippen LogP contribution in [0.2, 0.25) is 0 Å². The van der Waals surface area contributed by atoms with Crippen molar-refractivity contribution in [3.05, 3.63) is 71.3 Å². The third-order valence-corrected chi connectivity index (χ3v) is 4.82. The molecule has 1 aliphatic rings. The summed E-state index contributed by atoms with van der Waals surface area (Å²) in [5, 5.41) is 23.7. The molecule has 1 aliphatic heterocycles. The molecule has 31 heavy (non-hydrogen) atoms. The first-order chi connectivity index (χ1) is 15.0. The van der Waals surface area contributed by atoms with Gasteiger partial charge in [0.1, 0.15) is 29.3 Å². The van der Waals surface area contributed by atoms with E-state index in [-0.39, 0.29) is 18.2 Å². The molecule has 3 N–H and O–H groups in total. The molecule has 8 heteroatoms. The molecule has 3 aromatic rings. The van der Waals surface area contributed by atoms with E-state index >= 15 is 0 Å². The second-order valence-electron chi connectivity index (χ2n) is 7.31. The molecule has 4 rings (SSSR count). The molecular weight excluding hydrogens is 399 g/mol. The lowest BCUT2D eigenvalue weighted by Crippen LogP contribution is -2.13. The summed E-state index contributed by atoms with van der Waals surface area (Å²) in [4.78, 5) is 13.5. The van der Waals surface area contributed by atoms with Gasteiger partial charge in [-0.2, -0.15) is 0 Å². The van der Waals surface area contributed by atoms with Gasteiger partial charge >= 0.3 is 0 Å². The summed E-state index contributed by atoms with van der Waals surface area (Å²) >= 11 is 0. The van der Waals surface area contributed by atoms with Crippen LogP contribution in [0.4, 0.5) is 10.2 Å². The van der Waals surface area contributed by atoms with E-state index in [1.165, 1.54) is 24.3 Å². The highest BCUT2D eigenvalue weighted by Gasteiger charge is 2.18. The molecule has 0 bridgehead atoms. The number of aliphatic imine (C=N–C) groups is 1. The first-order valence-electron chi connectivity index (χ1n) is 10.0. The van der Waals surface area contributed by atoms with Gasteiger partial charge in [0.05, 0.1) is 18.7 Å². The van der Waals surface area contributed by atoms with Gasteiger partial charge in [-0.25, -0.2) is 14.4 Å². The Morgan fingerprint density at radius 2 is 1.97 bits per heavy atom. The van der Waals surface area contributed by atoms with Crippen molar-refractivity contribution in [2.45, 2.75) is 19.4 Å². The minimum atomic E-state index is -1.13. The number of halogens is 1. The monoisotopic (exact) mass is 422 g/mol. The average molecular weight is 422 g/mol. The lowest BCUT2D eigenvalue weighted by molar-refractivity contribution is 0.210. The smallest absolute Gasteiger partial charge is 0.164 e. The fourth-order valence-electron chi connectivity index (χ4n) is 3.21. The van der Waals surface area contributed by atoms with Crippen LogP contribution in [0.15, 0.2) is 59.1 Å². The van der Waals surface area contributed by atoms with E-state index in [1.54, 1.807) is 6.07 Å². The number of aromatic nitrogens is 2. The second kappa shape index (κ2) is 9.20. The van der Waals surface area contributed by atoms with Gasteiger partial charge in [0.25, 0.3) is 0 Å². The Labute approximate surface area is 179 Å². The van der Waals surface area contributed by atoms with Crippen LogP contribution >= 0.6 is 0 Å². The van der Waals surface area contributed by atoms with Gasteiger partial charge in [-0.1, -0.05) is 12.1 Å². The average Bonchev–Trinajstić information content (AvgIpc) is 3.18. The quantitative estimate of drug-likeness (QED) is 0.505. The van der Waals surface area contributed by atoms with E-state index in [0.29, 0.717) is 48.1 Å². The number of nitrogens with one attached hydrogen (secondary N) is 1. The number of aliphatic hydroxyl groups is 2. The van der Waals surface area contributed by atoms with Crippen LogP contribution in [0.5, 0.6) is 5.75 Å². The maximum Gasteiger partial charge on any atom is 0.164 e. The third kappa shape index (κ3) is 4.87. The molecule has 0 radical (unpaired) electrons. The maximum atomic E-state index is 13.3. The normalized spacial score (nSPS) is 14.3. The highest BCUT2D eigenvalue weighted by Crippen LogP contribution is 2.29. The van der Waals surface area contributed by atoms with Crippen LogP contribution in [-0.4, -0.2) is 45.8 Å². The number of hydrogen-bond donors (Lipinski definition) is 3. The zero-order valence-corrected chi connectivity index (χ0v) is 17.0. The zero-order valence-electron chi connectivity index (χ0n) is 17.0. The van der Waals surface area contributed by atoms with Crippen LogP contribution in [0, 0.1) is 5.82 Å². The number of anilines is 1. The molecule has 160 valence electrons. The summed E-state index contributed by atoms with van der Waals surface area (Å²) in [5.74, 6) is 1.58. The van der Waals surface area contributed by atoms with Crippen molar-refractivity contribution in [1.82, 2.24) is 9.97 Å². The van der Waals surface area contributed by atoms with E-state index in [9.17, 15) is 9.50 Å². The van der Waals surface area contributed by atoms with Gasteiger partial charge in [-0.3, -0.25) is 4.99 Å². The van der Waals surface area contributed by atoms with Crippen molar-refractivity contribution in [2.24, 2.45) is 4.99 Å². The standard InChI is InChI=1S/C23H23FN4O3/c1-14-11-20(25-13-14)27-22-18-8-7-17(31-10-2-9-29)12-19(18)26-23(28-22)21(30)15-3-5-16(24)6-4-15/h3-8,11-12,21,29-30H,2,9-10,13H2,1H3,(H,25,26,27,28). The lowest BCUT2D eigenvalue weighted by Gasteiger charge is -2.15. The first-order valence-corrected chi connectivity index (χ1v) is 10.0. The number of ether oxygens (including phenoxy) is 1. The highest BCUT2D eigenvalue weighted by molar-refractivity contribution is 6.08. The Morgan fingerprint density at radius 1 is 1.16 bits per heavy atom. The summed E-state index contributed by atoms with van der Waals surface area (Å²) in [6, 6.07) is 11.0. The van der Waals surface area contributed by atoms with Crippen molar-refractivity contribution in [3.63, 3.8) is 0 Å². The largest absolute Gasteiger partial charge is 0.493 e. The summed E-state index contributed by atoms with van der Waals surface area (Å²) in [6.07, 6.45) is 1.33. The molecule has 0 aliphatic carbocycles. The van der Waals surface area contributed by atoms with E-state index in [4.69, 9.17) is 9.84 Å². The highest BCUT2D eigenvalue weighted by atomic mass is 19.1. The van der Waals surface area contributed by atoms with Gasteiger partial charge in [-0.15, -0.1) is 0 Å². The molecule has 2 heterocycles. The minimum Gasteiger partial charge on any atom is -0.493 e. The van der Waals surface area contributed by atoms with Crippen LogP contribution < -0.4 is 10.1 Å². The SMILES string of the molecule is CC1=CC(Nc2nc(C(O)c3ccc(F)cc3)nc3cc(OCCCO)ccc23)=NC1. The van der Waals surface area contributed by atoms with Gasteiger partial charge in [0.15, 0.2) is 5.82 Å². The van der Waals surface area contributed by atoms with Gasteiger partial charge in [-0.05, 0) is 48.4 Å². The first kappa shape index (κ1) is 20.9. The predicted octanol–water partition coefficient (Wildman–Crippen LogP) is 3.38. The Balaban J connectivity index is 1.74. The van der Waals surface area contributed by atoms with Crippen molar-refractivity contribution in [3.8, 4) is 5.75 Å². The number of fused-ring (bicyclic) bond motifs is 1. The summed E-state index contributed by atoms with van der Waals surface area (Å²) < 4.78 is 18.9. The number of rotatable bonds is 7. The van der Waals surface area contributed by atoms with E-state index in [0.717, 1.165) is 11.0 Å². The maximum absolute atomic E-state index is 13.3. The van der Waals surface area contributed by atoms with E-state index in [1.807, 2.05) is 25.1 Å². The summed E-state index contributed by atoms with van der Waals surface area (Å²) in [7, 11) is 0. The van der Waals surface area contributed by atoms with Gasteiger partial charge in [0, 0.05) is 24.5 Å². The molecule has 1 unspecified atom stereocenters. The second-order valence-corrected chi connectivity index (χ2v) is 7.31. The van der Waals surface area contributed by atoms with Crippen molar-refractivity contribution in [1.29, 1.82) is 0 Å². The molecule has 0 amide bonds. The third-order valence-electron chi connectivity index (χ3n) is 4.82. The molecule has 2 aromatic carbocycles. The van der Waals surface area contributed by atoms with Crippen LogP contribution in [0.25, 0.3) is 10.9 Å². The fourth-order valence-corrected chi connectivity index (χ4v) is 3.21. The van der Waals surface area contributed by atoms with Crippen LogP contribution in [-0.2, 0) is 0 Å². The van der Waals surface area contributed by atoms with Crippen molar-refractivity contribution < 1.29 is 19.3 Å². The summed E-state index contributed by atoms with van der Waals surface area (Å²) in [6.45, 7) is 3.05. The molecule has 1 aromatic heterocycles. The molecule has 1 atom stereocenters. The topological polar surface area (TPSA) is 99.9 Å². The number of hydrogen-bond acceptors (Lipinski definition) is 7. The van der Waals surface area contributed by atoms with Gasteiger partial charge < -0.3 is 20.3 Å². The Hall–Kier alpha value is -3.36. The Morgan fingerprint density at radius 3 is 2.68 bits per heavy atom. The molecule has 0 spiro atoms. The van der Waals surface area contributed by atoms with E-state index < -0.39 is 6.10 Å². The molecule has 7 nitrogen and oxygen atoms in total. The van der Waals surface area contributed by atoms with Crippen molar-refractivity contribution in [2.75, 3.05) is 25.1 Å².